The molecule has 0 fully saturated rings. The molecular weight excluding hydrogens is 526 g/mol. The van der Waals surface area contributed by atoms with Crippen LogP contribution < -0.4 is 0 Å². The molecular formula is C34H20N4P2. The second-order valence-corrected chi connectivity index (χ2v) is 14.4. The van der Waals surface area contributed by atoms with Gasteiger partial charge in [0.05, 0.1) is 22.1 Å². The Morgan fingerprint density at radius 3 is 1.07 bits per heavy atom. The van der Waals surface area contributed by atoms with E-state index in [9.17, 15) is 0 Å². The highest BCUT2D eigenvalue weighted by molar-refractivity contribution is 7.69. The monoisotopic (exact) mass is 546 g/mol. The van der Waals surface area contributed by atoms with Gasteiger partial charge in [-0.15, -0.1) is 0 Å². The van der Waals surface area contributed by atoms with Crippen molar-refractivity contribution in [2.45, 2.75) is 0 Å². The molecule has 0 radical (unpaired) electrons. The van der Waals surface area contributed by atoms with Gasteiger partial charge < -0.3 is 0 Å². The lowest BCUT2D eigenvalue weighted by atomic mass is 10.1. The Labute approximate surface area is 231 Å². The van der Waals surface area contributed by atoms with Crippen LogP contribution >= 0.6 is 15.1 Å². The Morgan fingerprint density at radius 2 is 0.675 bits per heavy atom. The average Bonchev–Trinajstić information content (AvgIpc) is 3.49. The van der Waals surface area contributed by atoms with Crippen molar-refractivity contribution in [3.8, 4) is 10.6 Å². The average molecular weight is 547 g/mol. The van der Waals surface area contributed by atoms with Crippen molar-refractivity contribution in [2.24, 2.45) is 0 Å². The Kier molecular flexibility index (Phi) is 4.69. The minimum atomic E-state index is -0.733. The quantitative estimate of drug-likeness (QED) is 0.216. The van der Waals surface area contributed by atoms with Crippen LogP contribution in [0, 0.1) is 0 Å². The summed E-state index contributed by atoms with van der Waals surface area (Å²) < 4.78 is 0. The molecule has 2 unspecified atom stereocenters. The summed E-state index contributed by atoms with van der Waals surface area (Å²) in [5.41, 5.74) is 3.78. The maximum atomic E-state index is 4.66. The summed E-state index contributed by atoms with van der Waals surface area (Å²) in [4.78, 5) is 18.6. The molecule has 0 bridgehead atoms. The number of hydrogen-bond donors (Lipinski definition) is 0. The maximum absolute atomic E-state index is 4.66. The van der Waals surface area contributed by atoms with Crippen LogP contribution in [0.5, 0.6) is 0 Å². The van der Waals surface area contributed by atoms with E-state index in [-0.39, 0.29) is 0 Å². The van der Waals surface area contributed by atoms with Gasteiger partial charge in [-0.2, -0.15) is 0 Å². The van der Waals surface area contributed by atoms with Gasteiger partial charge >= 0.3 is 0 Å². The lowest BCUT2D eigenvalue weighted by molar-refractivity contribution is 1.30. The lowest BCUT2D eigenvalue weighted by Crippen LogP contribution is -1.81. The number of nitrogens with zero attached hydrogens (tertiary/aromatic N) is 4. The van der Waals surface area contributed by atoms with Gasteiger partial charge in [0.25, 0.3) is 0 Å². The predicted molar refractivity (Wildman–Crippen MR) is 171 cm³/mol. The first kappa shape index (κ1) is 22.2. The summed E-state index contributed by atoms with van der Waals surface area (Å²) in [5, 5.41) is 13.5. The van der Waals surface area contributed by atoms with Crippen LogP contribution in [-0.2, 0) is 0 Å². The fourth-order valence-electron chi connectivity index (χ4n) is 6.15. The number of aromatic nitrogens is 4. The number of hydrogen-bond acceptors (Lipinski definition) is 4. The van der Waals surface area contributed by atoms with Crippen LogP contribution in [0.25, 0.3) is 74.7 Å². The van der Waals surface area contributed by atoms with E-state index < -0.39 is 15.1 Å². The Bertz CT molecular complexity index is 2250. The van der Waals surface area contributed by atoms with E-state index in [2.05, 4.69) is 117 Å². The smallest absolute Gasteiger partial charge is 0.0896 e. The molecule has 6 heteroatoms. The number of fused-ring (bicyclic) bond motifs is 8. The summed E-state index contributed by atoms with van der Waals surface area (Å²) in [5.74, 6) is 0. The van der Waals surface area contributed by atoms with Gasteiger partial charge in [-0.3, -0.25) is 19.9 Å². The van der Waals surface area contributed by atoms with Crippen molar-refractivity contribution in [1.29, 1.82) is 0 Å². The minimum absolute atomic E-state index is 0.733. The van der Waals surface area contributed by atoms with E-state index >= 15 is 0 Å². The molecule has 0 aliphatic heterocycles. The normalized spacial score (nSPS) is 12.9. The standard InChI is InChI=1S/C34H20N4P2/c1-3-7-21(8-4-1)39-31-17-26-24-16-28-30(38-14-12-36-28)20-34(24)40(22-9-5-2-6-10-22)32(26)18-25(31)23-15-27-29(19-33(23)39)37-13-11-35-27/h1-20H. The lowest BCUT2D eigenvalue weighted by Gasteiger charge is -2.05. The van der Waals surface area contributed by atoms with Gasteiger partial charge in [-0.25, -0.2) is 0 Å². The summed E-state index contributed by atoms with van der Waals surface area (Å²) >= 11 is 0. The van der Waals surface area contributed by atoms with Crippen LogP contribution in [0.3, 0.4) is 0 Å². The molecule has 9 aromatic rings. The van der Waals surface area contributed by atoms with E-state index in [4.69, 9.17) is 0 Å². The second-order valence-electron chi connectivity index (χ2n) is 10.1. The van der Waals surface area contributed by atoms with Crippen molar-refractivity contribution in [3.63, 3.8) is 0 Å². The van der Waals surface area contributed by atoms with E-state index in [1.807, 2.05) is 0 Å². The molecule has 0 saturated heterocycles. The maximum Gasteiger partial charge on any atom is 0.0896 e. The zero-order valence-electron chi connectivity index (χ0n) is 21.2. The Morgan fingerprint density at radius 1 is 0.350 bits per heavy atom. The Balaban J connectivity index is 1.52. The molecule has 0 amide bonds. The van der Waals surface area contributed by atoms with E-state index in [1.54, 1.807) is 24.8 Å². The van der Waals surface area contributed by atoms with Crippen molar-refractivity contribution in [2.75, 3.05) is 0 Å². The highest BCUT2D eigenvalue weighted by atomic mass is 31.1. The number of rotatable bonds is 2. The van der Waals surface area contributed by atoms with Crippen molar-refractivity contribution in [1.82, 2.24) is 19.9 Å². The van der Waals surface area contributed by atoms with E-state index in [0.29, 0.717) is 0 Å². The second kappa shape index (κ2) is 8.44. The summed E-state index contributed by atoms with van der Waals surface area (Å²) in [6.07, 6.45) is 7.14. The molecule has 2 atom stereocenters. The van der Waals surface area contributed by atoms with Crippen molar-refractivity contribution >= 4 is 79.2 Å². The first-order valence-corrected chi connectivity index (χ1v) is 15.9. The van der Waals surface area contributed by atoms with Crippen molar-refractivity contribution < 1.29 is 0 Å². The van der Waals surface area contributed by atoms with Gasteiger partial charge in [0.15, 0.2) is 0 Å². The van der Waals surface area contributed by atoms with Crippen molar-refractivity contribution in [3.05, 3.63) is 122 Å². The summed E-state index contributed by atoms with van der Waals surface area (Å²) in [7, 11) is -1.47. The zero-order valence-corrected chi connectivity index (χ0v) is 23.0. The molecule has 5 aromatic carbocycles. The molecule has 4 nitrogen and oxygen atoms in total. The third-order valence-corrected chi connectivity index (χ3v) is 12.9. The van der Waals surface area contributed by atoms with Crippen LogP contribution in [0.4, 0.5) is 0 Å². The first-order chi connectivity index (χ1) is 19.8. The van der Waals surface area contributed by atoms with E-state index in [1.165, 1.54) is 52.6 Å². The SMILES string of the molecule is c1ccc(-p2c3cc4nccnc4cc3c3cc4c(cc32)c2cc3nccnc3cc2p4-c2ccccc2)cc1. The van der Waals surface area contributed by atoms with Crippen LogP contribution in [-0.4, -0.2) is 19.9 Å². The molecule has 4 aromatic heterocycles. The van der Waals surface area contributed by atoms with Crippen LogP contribution in [0.1, 0.15) is 0 Å². The molecule has 0 aliphatic rings. The van der Waals surface area contributed by atoms with Gasteiger partial charge in [0.2, 0.25) is 0 Å². The molecule has 186 valence electrons. The van der Waals surface area contributed by atoms with Gasteiger partial charge in [0.1, 0.15) is 0 Å². The predicted octanol–water partition coefficient (Wildman–Crippen LogP) is 10.1. The summed E-state index contributed by atoms with van der Waals surface area (Å²) in [6.45, 7) is 0. The third kappa shape index (κ3) is 3.15. The van der Waals surface area contributed by atoms with Gasteiger partial charge in [-0.05, 0) is 68.6 Å². The first-order valence-electron chi connectivity index (χ1n) is 13.2. The molecule has 40 heavy (non-hydrogen) atoms. The molecule has 0 spiro atoms. The highest BCUT2D eigenvalue weighted by Gasteiger charge is 2.21. The molecule has 0 saturated carbocycles. The zero-order chi connectivity index (χ0) is 26.2. The van der Waals surface area contributed by atoms with Gasteiger partial charge in [0, 0.05) is 45.3 Å². The summed E-state index contributed by atoms with van der Waals surface area (Å²) in [6, 6.07) is 35.9. The molecule has 0 N–H and O–H groups in total. The topological polar surface area (TPSA) is 51.6 Å². The highest BCUT2D eigenvalue weighted by Crippen LogP contribution is 2.61. The molecule has 0 aliphatic carbocycles. The Hall–Kier alpha value is -4.62. The molecule has 4 heterocycles. The van der Waals surface area contributed by atoms with Gasteiger partial charge in [-0.1, -0.05) is 75.7 Å². The minimum Gasteiger partial charge on any atom is -0.253 e. The van der Waals surface area contributed by atoms with Crippen LogP contribution in [0.15, 0.2) is 122 Å². The number of benzene rings is 5. The van der Waals surface area contributed by atoms with Crippen LogP contribution in [0.2, 0.25) is 0 Å². The largest absolute Gasteiger partial charge is 0.253 e. The fraction of sp³-hybridized carbons (Fsp3) is 0. The fourth-order valence-corrected chi connectivity index (χ4v) is 11.4. The molecule has 9 rings (SSSR count). The third-order valence-electron chi connectivity index (χ3n) is 7.86. The van der Waals surface area contributed by atoms with E-state index in [0.717, 1.165) is 22.1 Å².